The van der Waals surface area contributed by atoms with Crippen molar-refractivity contribution in [3.05, 3.63) is 119 Å². The first-order valence-electron chi connectivity index (χ1n) is 10.5. The summed E-state index contributed by atoms with van der Waals surface area (Å²) >= 11 is 6.09. The molecular formula is C26H20ClN5O. The Bertz CT molecular complexity index is 1330. The molecule has 0 unspecified atom stereocenters. The van der Waals surface area contributed by atoms with E-state index in [0.717, 1.165) is 22.4 Å². The third kappa shape index (κ3) is 4.71. The quantitative estimate of drug-likeness (QED) is 0.383. The topological polar surface area (TPSA) is 71.8 Å². The summed E-state index contributed by atoms with van der Waals surface area (Å²) in [6, 6.07) is 27.0. The van der Waals surface area contributed by atoms with Gasteiger partial charge in [0.15, 0.2) is 0 Å². The van der Waals surface area contributed by atoms with Gasteiger partial charge in [-0.2, -0.15) is 4.98 Å². The molecule has 1 aliphatic heterocycles. The number of amides is 1. The van der Waals surface area contributed by atoms with Crippen molar-refractivity contribution in [1.29, 1.82) is 0 Å². The average molecular weight is 454 g/mol. The van der Waals surface area contributed by atoms with Crippen LogP contribution in [0.4, 0.5) is 11.9 Å². The van der Waals surface area contributed by atoms with Gasteiger partial charge >= 0.3 is 0 Å². The fraction of sp³-hybridized carbons (Fsp3) is 0.0385. The van der Waals surface area contributed by atoms with Gasteiger partial charge in [0.25, 0.3) is 11.9 Å². The van der Waals surface area contributed by atoms with E-state index >= 15 is 0 Å². The number of nitrogens with zero attached hydrogens (tertiary/aromatic N) is 3. The van der Waals surface area contributed by atoms with Crippen LogP contribution in [0.5, 0.6) is 0 Å². The summed E-state index contributed by atoms with van der Waals surface area (Å²) in [4.78, 5) is 17.0. The van der Waals surface area contributed by atoms with Gasteiger partial charge in [-0.1, -0.05) is 84.4 Å². The number of nitrogens with one attached hydrogen (secondary N) is 2. The number of rotatable bonds is 5. The molecule has 6 nitrogen and oxygen atoms in total. The Kier molecular flexibility index (Phi) is 5.74. The van der Waals surface area contributed by atoms with Gasteiger partial charge in [0, 0.05) is 16.8 Å². The predicted molar refractivity (Wildman–Crippen MR) is 132 cm³/mol. The van der Waals surface area contributed by atoms with Gasteiger partial charge < -0.3 is 5.32 Å². The Balaban J connectivity index is 1.44. The van der Waals surface area contributed by atoms with Gasteiger partial charge in [0.2, 0.25) is 5.95 Å². The van der Waals surface area contributed by atoms with Gasteiger partial charge in [-0.15, -0.1) is 5.10 Å². The maximum atomic E-state index is 12.4. The molecule has 4 aromatic rings. The number of hydrogen-bond acceptors (Lipinski definition) is 4. The minimum absolute atomic E-state index is 0.216. The van der Waals surface area contributed by atoms with E-state index in [-0.39, 0.29) is 17.9 Å². The van der Waals surface area contributed by atoms with Gasteiger partial charge in [0.1, 0.15) is 6.04 Å². The first-order valence-corrected chi connectivity index (χ1v) is 10.8. The number of fused-ring (bicyclic) bond motifs is 1. The van der Waals surface area contributed by atoms with E-state index in [9.17, 15) is 4.79 Å². The SMILES string of the molecule is O=C(/C=C/c1ccccc1)Nc1nc2n(n1)[C@@H](c1ccc(Cl)cc1)C=C(c1ccccc1)N2. The molecule has 5 rings (SSSR count). The average Bonchev–Trinajstić information content (AvgIpc) is 3.26. The third-order valence-corrected chi connectivity index (χ3v) is 5.48. The van der Waals surface area contributed by atoms with Crippen LogP contribution >= 0.6 is 11.6 Å². The molecule has 3 aromatic carbocycles. The lowest BCUT2D eigenvalue weighted by atomic mass is 10.0. The summed E-state index contributed by atoms with van der Waals surface area (Å²) in [5.41, 5.74) is 3.88. The Hall–Kier alpha value is -4.16. The van der Waals surface area contributed by atoms with Crippen molar-refractivity contribution in [3.63, 3.8) is 0 Å². The number of halogens is 1. The number of hydrogen-bond donors (Lipinski definition) is 2. The monoisotopic (exact) mass is 453 g/mol. The zero-order valence-electron chi connectivity index (χ0n) is 17.5. The van der Waals surface area contributed by atoms with Crippen molar-refractivity contribution in [2.75, 3.05) is 10.6 Å². The van der Waals surface area contributed by atoms with Crippen molar-refractivity contribution in [1.82, 2.24) is 14.8 Å². The van der Waals surface area contributed by atoms with E-state index in [1.807, 2.05) is 84.9 Å². The molecule has 1 amide bonds. The summed E-state index contributed by atoms with van der Waals surface area (Å²) < 4.78 is 1.76. The predicted octanol–water partition coefficient (Wildman–Crippen LogP) is 5.64. The number of anilines is 2. The lowest BCUT2D eigenvalue weighted by Crippen LogP contribution is -2.20. The molecule has 0 spiro atoms. The van der Waals surface area contributed by atoms with Crippen LogP contribution in [0.3, 0.4) is 0 Å². The molecule has 2 heterocycles. The summed E-state index contributed by atoms with van der Waals surface area (Å²) in [5.74, 6) is 0.460. The molecule has 0 saturated heterocycles. The number of benzene rings is 3. The summed E-state index contributed by atoms with van der Waals surface area (Å²) in [6.45, 7) is 0. The Morgan fingerprint density at radius 2 is 1.67 bits per heavy atom. The van der Waals surface area contributed by atoms with Crippen molar-refractivity contribution in [3.8, 4) is 0 Å². The highest BCUT2D eigenvalue weighted by Crippen LogP contribution is 2.33. The maximum Gasteiger partial charge on any atom is 0.250 e. The summed E-state index contributed by atoms with van der Waals surface area (Å²) in [5, 5.41) is 11.3. The summed E-state index contributed by atoms with van der Waals surface area (Å²) in [6.07, 6.45) is 5.30. The van der Waals surface area contributed by atoms with Crippen molar-refractivity contribution in [2.24, 2.45) is 0 Å². The number of carbonyl (C=O) groups is 1. The second-order valence-electron chi connectivity index (χ2n) is 7.50. The van der Waals surface area contributed by atoms with Crippen LogP contribution in [0.15, 0.2) is 97.1 Å². The van der Waals surface area contributed by atoms with Crippen LogP contribution in [-0.2, 0) is 4.79 Å². The van der Waals surface area contributed by atoms with E-state index in [1.54, 1.807) is 10.8 Å². The fourth-order valence-electron chi connectivity index (χ4n) is 3.62. The number of allylic oxidation sites excluding steroid dienone is 1. The van der Waals surface area contributed by atoms with Gasteiger partial charge in [-0.05, 0) is 41.0 Å². The standard InChI is InChI=1S/C26H20ClN5O/c27-21-14-12-20(13-15-21)23-17-22(19-9-5-2-6-10-19)28-26-30-25(31-32(23)26)29-24(33)16-11-18-7-3-1-4-8-18/h1-17,23H,(H2,28,29,30,31,33)/b16-11+/t23-/m1/s1. The smallest absolute Gasteiger partial charge is 0.250 e. The molecule has 2 N–H and O–H groups in total. The lowest BCUT2D eigenvalue weighted by molar-refractivity contribution is -0.111. The molecule has 0 radical (unpaired) electrons. The highest BCUT2D eigenvalue weighted by molar-refractivity contribution is 6.30. The fourth-order valence-corrected chi connectivity index (χ4v) is 3.74. The molecular weight excluding hydrogens is 434 g/mol. The van der Waals surface area contributed by atoms with Crippen LogP contribution in [0.25, 0.3) is 11.8 Å². The Morgan fingerprint density at radius 1 is 0.970 bits per heavy atom. The molecule has 33 heavy (non-hydrogen) atoms. The highest BCUT2D eigenvalue weighted by Gasteiger charge is 2.25. The van der Waals surface area contributed by atoms with Gasteiger partial charge in [-0.25, -0.2) is 4.68 Å². The minimum atomic E-state index is -0.305. The Morgan fingerprint density at radius 3 is 2.39 bits per heavy atom. The molecule has 7 heteroatoms. The molecule has 162 valence electrons. The molecule has 0 fully saturated rings. The number of aromatic nitrogens is 3. The van der Waals surface area contributed by atoms with Crippen LogP contribution in [0.1, 0.15) is 22.7 Å². The highest BCUT2D eigenvalue weighted by atomic mass is 35.5. The molecule has 1 atom stereocenters. The summed E-state index contributed by atoms with van der Waals surface area (Å²) in [7, 11) is 0. The molecule has 0 aliphatic carbocycles. The van der Waals surface area contributed by atoms with E-state index in [1.165, 1.54) is 6.08 Å². The van der Waals surface area contributed by atoms with Crippen molar-refractivity contribution in [2.45, 2.75) is 6.04 Å². The van der Waals surface area contributed by atoms with Crippen LogP contribution < -0.4 is 10.6 Å². The molecule has 1 aliphatic rings. The van der Waals surface area contributed by atoms with Gasteiger partial charge in [-0.3, -0.25) is 10.1 Å². The van der Waals surface area contributed by atoms with E-state index < -0.39 is 0 Å². The zero-order valence-corrected chi connectivity index (χ0v) is 18.3. The number of carbonyl (C=O) groups excluding carboxylic acids is 1. The van der Waals surface area contributed by atoms with E-state index in [4.69, 9.17) is 11.6 Å². The second-order valence-corrected chi connectivity index (χ2v) is 7.94. The normalized spacial score (nSPS) is 14.9. The minimum Gasteiger partial charge on any atom is -0.324 e. The molecule has 1 aromatic heterocycles. The zero-order chi connectivity index (χ0) is 22.6. The van der Waals surface area contributed by atoms with Crippen LogP contribution in [0.2, 0.25) is 5.02 Å². The first kappa shape index (κ1) is 20.7. The van der Waals surface area contributed by atoms with Crippen LogP contribution in [0, 0.1) is 0 Å². The first-order chi connectivity index (χ1) is 16.2. The van der Waals surface area contributed by atoms with Gasteiger partial charge in [0.05, 0.1) is 0 Å². The van der Waals surface area contributed by atoms with Crippen molar-refractivity contribution < 1.29 is 4.79 Å². The molecule has 0 saturated carbocycles. The lowest BCUT2D eigenvalue weighted by Gasteiger charge is -2.24. The largest absolute Gasteiger partial charge is 0.324 e. The maximum absolute atomic E-state index is 12.4. The second kappa shape index (κ2) is 9.14. The Labute approximate surface area is 196 Å². The van der Waals surface area contributed by atoms with Crippen molar-refractivity contribution >= 4 is 41.2 Å². The van der Waals surface area contributed by atoms with E-state index in [0.29, 0.717) is 11.0 Å². The molecule has 0 bridgehead atoms. The van der Waals surface area contributed by atoms with E-state index in [2.05, 4.69) is 26.8 Å². The van der Waals surface area contributed by atoms with Crippen LogP contribution in [-0.4, -0.2) is 20.7 Å². The third-order valence-electron chi connectivity index (χ3n) is 5.22.